The molecule has 0 fully saturated rings. The maximum Gasteiger partial charge on any atom is 0.212 e. The Labute approximate surface area is 70.1 Å². The lowest BCUT2D eigenvalue weighted by Gasteiger charge is -1.91. The van der Waals surface area contributed by atoms with Gasteiger partial charge in [0.2, 0.25) is 6.41 Å². The molecular weight excluding hydrogens is 156 g/mol. The summed E-state index contributed by atoms with van der Waals surface area (Å²) in [5, 5.41) is 6.48. The van der Waals surface area contributed by atoms with Gasteiger partial charge in [0.05, 0.1) is 5.56 Å². The van der Waals surface area contributed by atoms with Gasteiger partial charge in [0.25, 0.3) is 0 Å². The zero-order valence-electron chi connectivity index (χ0n) is 6.98. The molecule has 5 heteroatoms. The lowest BCUT2D eigenvalue weighted by atomic mass is 10.3. The van der Waals surface area contributed by atoms with Gasteiger partial charge in [0.15, 0.2) is 5.82 Å². The molecule has 0 saturated heterocycles. The number of hydrogen-bond donors (Lipinski definition) is 1. The molecule has 0 bridgehead atoms. The molecule has 0 aliphatic carbocycles. The van der Waals surface area contributed by atoms with Crippen molar-refractivity contribution in [2.24, 2.45) is 12.0 Å². The van der Waals surface area contributed by atoms with Gasteiger partial charge in [0.1, 0.15) is 0 Å². The minimum Gasteiger partial charge on any atom is -0.311 e. The van der Waals surface area contributed by atoms with Gasteiger partial charge in [-0.1, -0.05) is 0 Å². The van der Waals surface area contributed by atoms with Crippen molar-refractivity contribution < 1.29 is 4.79 Å². The van der Waals surface area contributed by atoms with E-state index in [1.54, 1.807) is 31.2 Å². The summed E-state index contributed by atoms with van der Waals surface area (Å²) >= 11 is 0. The Kier molecular flexibility index (Phi) is 2.57. The van der Waals surface area contributed by atoms with E-state index in [2.05, 4.69) is 15.4 Å². The zero-order valence-corrected chi connectivity index (χ0v) is 6.98. The molecule has 0 atom stereocenters. The number of rotatable bonds is 3. The second kappa shape index (κ2) is 3.66. The normalized spacial score (nSPS) is 10.5. The fraction of sp³-hybridized carbons (Fsp3) is 0.286. The van der Waals surface area contributed by atoms with E-state index in [9.17, 15) is 4.79 Å². The van der Waals surface area contributed by atoms with E-state index in [0.29, 0.717) is 12.2 Å². The molecule has 1 heterocycles. The molecule has 12 heavy (non-hydrogen) atoms. The highest BCUT2D eigenvalue weighted by Gasteiger charge is 2.02. The van der Waals surface area contributed by atoms with Crippen molar-refractivity contribution in [2.75, 3.05) is 12.4 Å². The van der Waals surface area contributed by atoms with Crippen LogP contribution >= 0.6 is 0 Å². The highest BCUT2D eigenvalue weighted by molar-refractivity contribution is 5.89. The molecule has 5 nitrogen and oxygen atoms in total. The van der Waals surface area contributed by atoms with Gasteiger partial charge in [-0.3, -0.25) is 14.5 Å². The van der Waals surface area contributed by atoms with E-state index in [-0.39, 0.29) is 0 Å². The monoisotopic (exact) mass is 166 g/mol. The molecule has 1 rings (SSSR count). The largest absolute Gasteiger partial charge is 0.311 e. The van der Waals surface area contributed by atoms with Gasteiger partial charge < -0.3 is 5.32 Å². The Hall–Kier alpha value is -1.65. The number of hydrogen-bond acceptors (Lipinski definition) is 3. The number of aliphatic imine (C=N–C) groups is 1. The molecule has 0 unspecified atom stereocenters. The van der Waals surface area contributed by atoms with Gasteiger partial charge in [-0.15, -0.1) is 0 Å². The van der Waals surface area contributed by atoms with Gasteiger partial charge >= 0.3 is 0 Å². The molecule has 0 aliphatic rings. The number of amides is 1. The number of aryl methyl sites for hydroxylation is 1. The van der Waals surface area contributed by atoms with Crippen LogP contribution in [0.25, 0.3) is 0 Å². The Balaban J connectivity index is 2.98. The topological polar surface area (TPSA) is 59.3 Å². The molecule has 1 N–H and O–H groups in total. The van der Waals surface area contributed by atoms with E-state index in [1.165, 1.54) is 0 Å². The Bertz CT molecular complexity index is 302. The van der Waals surface area contributed by atoms with E-state index in [1.807, 2.05) is 0 Å². The third-order valence-electron chi connectivity index (χ3n) is 1.32. The van der Waals surface area contributed by atoms with E-state index in [0.717, 1.165) is 5.56 Å². The molecule has 0 saturated carbocycles. The van der Waals surface area contributed by atoms with Gasteiger partial charge in [-0.25, -0.2) is 0 Å². The van der Waals surface area contributed by atoms with Crippen molar-refractivity contribution in [3.05, 3.63) is 11.8 Å². The highest BCUT2D eigenvalue weighted by atomic mass is 16.1. The van der Waals surface area contributed by atoms with Gasteiger partial charge in [0, 0.05) is 26.5 Å². The first-order valence-electron chi connectivity index (χ1n) is 3.44. The lowest BCUT2D eigenvalue weighted by molar-refractivity contribution is -0.105. The number of anilines is 1. The summed E-state index contributed by atoms with van der Waals surface area (Å²) in [6.45, 7) is 0. The van der Waals surface area contributed by atoms with Crippen LogP contribution in [0.2, 0.25) is 0 Å². The number of aromatic nitrogens is 2. The maximum absolute atomic E-state index is 10.1. The maximum atomic E-state index is 10.1. The molecule has 0 radical (unpaired) electrons. The Morgan fingerprint density at radius 2 is 2.50 bits per heavy atom. The van der Waals surface area contributed by atoms with Crippen molar-refractivity contribution in [1.29, 1.82) is 0 Å². The van der Waals surface area contributed by atoms with Crippen LogP contribution in [0.15, 0.2) is 11.2 Å². The highest BCUT2D eigenvalue weighted by Crippen LogP contribution is 2.07. The average Bonchev–Trinajstić information content (AvgIpc) is 2.33. The van der Waals surface area contributed by atoms with Crippen molar-refractivity contribution in [3.63, 3.8) is 0 Å². The number of carbonyl (C=O) groups excluding carboxylic acids is 1. The minimum absolute atomic E-state index is 0.526. The summed E-state index contributed by atoms with van der Waals surface area (Å²) < 4.78 is 1.61. The van der Waals surface area contributed by atoms with E-state index in [4.69, 9.17) is 0 Å². The van der Waals surface area contributed by atoms with Crippen LogP contribution in [0.1, 0.15) is 5.56 Å². The predicted octanol–water partition coefficient (Wildman–Crippen LogP) is 0.0371. The molecule has 1 aromatic rings. The van der Waals surface area contributed by atoms with Crippen molar-refractivity contribution in [1.82, 2.24) is 9.78 Å². The molecular formula is C7H10N4O. The summed E-state index contributed by atoms with van der Waals surface area (Å²) in [7, 11) is 3.45. The summed E-state index contributed by atoms with van der Waals surface area (Å²) in [6.07, 6.45) is 4.01. The lowest BCUT2D eigenvalue weighted by Crippen LogP contribution is -1.98. The first-order valence-corrected chi connectivity index (χ1v) is 3.44. The molecule has 0 aromatic carbocycles. The van der Waals surface area contributed by atoms with Crippen molar-refractivity contribution in [3.8, 4) is 0 Å². The van der Waals surface area contributed by atoms with Crippen molar-refractivity contribution >= 4 is 18.4 Å². The van der Waals surface area contributed by atoms with Crippen LogP contribution in [0.5, 0.6) is 0 Å². The SMILES string of the molecule is CN=Cc1cn(C)nc1NC=O. The van der Waals surface area contributed by atoms with Gasteiger partial charge in [-0.2, -0.15) is 5.10 Å². The summed E-state index contributed by atoms with van der Waals surface area (Å²) in [6, 6.07) is 0. The van der Waals surface area contributed by atoms with Gasteiger partial charge in [-0.05, 0) is 0 Å². The Morgan fingerprint density at radius 3 is 3.08 bits per heavy atom. The molecule has 1 aromatic heterocycles. The molecule has 0 aliphatic heterocycles. The zero-order chi connectivity index (χ0) is 8.97. The van der Waals surface area contributed by atoms with Crippen LogP contribution in [0.3, 0.4) is 0 Å². The van der Waals surface area contributed by atoms with Crippen LogP contribution in [-0.4, -0.2) is 29.5 Å². The second-order valence-corrected chi connectivity index (χ2v) is 2.26. The number of nitrogens with one attached hydrogen (secondary N) is 1. The Morgan fingerprint density at radius 1 is 1.75 bits per heavy atom. The summed E-state index contributed by atoms with van der Waals surface area (Å²) in [4.78, 5) is 14.0. The van der Waals surface area contributed by atoms with E-state index >= 15 is 0 Å². The third kappa shape index (κ3) is 1.69. The molecule has 1 amide bonds. The molecule has 0 spiro atoms. The van der Waals surface area contributed by atoms with Crippen LogP contribution in [0.4, 0.5) is 5.82 Å². The van der Waals surface area contributed by atoms with E-state index < -0.39 is 0 Å². The first-order chi connectivity index (χ1) is 5.77. The third-order valence-corrected chi connectivity index (χ3v) is 1.32. The molecule has 64 valence electrons. The number of carbonyl (C=O) groups is 1. The fourth-order valence-corrected chi connectivity index (χ4v) is 0.908. The fourth-order valence-electron chi connectivity index (χ4n) is 0.908. The quantitative estimate of drug-likeness (QED) is 0.509. The second-order valence-electron chi connectivity index (χ2n) is 2.26. The first kappa shape index (κ1) is 8.45. The minimum atomic E-state index is 0.526. The van der Waals surface area contributed by atoms with Crippen molar-refractivity contribution in [2.45, 2.75) is 0 Å². The standard InChI is InChI=1S/C7H10N4O/c1-8-3-6-4-11(2)10-7(6)9-5-12/h3-5H,1-2H3,(H,9,10,12). The summed E-state index contributed by atoms with van der Waals surface area (Å²) in [5.74, 6) is 0.526. The summed E-state index contributed by atoms with van der Waals surface area (Å²) in [5.41, 5.74) is 0.798. The van der Waals surface area contributed by atoms with Crippen LogP contribution < -0.4 is 5.32 Å². The van der Waals surface area contributed by atoms with Crippen LogP contribution in [-0.2, 0) is 11.8 Å². The smallest absolute Gasteiger partial charge is 0.212 e. The number of nitrogens with zero attached hydrogens (tertiary/aromatic N) is 3. The average molecular weight is 166 g/mol. The van der Waals surface area contributed by atoms with Crippen LogP contribution in [0, 0.1) is 0 Å². The predicted molar refractivity (Wildman–Crippen MR) is 46.4 cm³/mol.